The van der Waals surface area contributed by atoms with Gasteiger partial charge in [0.05, 0.1) is 29.9 Å². The number of sulfone groups is 1. The van der Waals surface area contributed by atoms with Gasteiger partial charge in [-0.25, -0.2) is 8.42 Å². The highest BCUT2D eigenvalue weighted by atomic mass is 32.2. The summed E-state index contributed by atoms with van der Waals surface area (Å²) in [6.45, 7) is 3.76. The summed E-state index contributed by atoms with van der Waals surface area (Å²) >= 11 is 0. The van der Waals surface area contributed by atoms with Crippen molar-refractivity contribution in [3.8, 4) is 5.75 Å². The van der Waals surface area contributed by atoms with Crippen molar-refractivity contribution in [3.63, 3.8) is 0 Å². The average Bonchev–Trinajstić information content (AvgIpc) is 3.30. The fraction of sp³-hybridized carbons (Fsp3) is 0.412. The smallest absolute Gasteiger partial charge is 0.229 e. The molecule has 1 spiro atoms. The largest absolute Gasteiger partial charge is 0.497 e. The predicted molar refractivity (Wildman–Crippen MR) is 166 cm³/mol. The second kappa shape index (κ2) is 13.3. The van der Waals surface area contributed by atoms with Crippen molar-refractivity contribution in [2.45, 2.75) is 49.6 Å². The zero-order valence-electron chi connectivity index (χ0n) is 25.0. The maximum Gasteiger partial charge on any atom is 0.229 e. The number of rotatable bonds is 11. The van der Waals surface area contributed by atoms with E-state index >= 15 is 0 Å². The van der Waals surface area contributed by atoms with E-state index in [2.05, 4.69) is 22.3 Å². The van der Waals surface area contributed by atoms with E-state index < -0.39 is 9.84 Å². The Morgan fingerprint density at radius 2 is 1.63 bits per heavy atom. The standard InChI is InChI=1S/C34H41N3O5S/c1-42-29-10-6-7-27(23-29)24-32(38)35-31(28-8-4-3-5-9-28)15-19-36-20-16-34(17-21-36)18-22-37(33(34)39)25-26-11-13-30(14-12-26)43(2,40)41/h3-14,23,31H,15-22,24-25H2,1-2H3,(H,35,38). The van der Waals surface area contributed by atoms with E-state index in [0.717, 1.165) is 74.3 Å². The van der Waals surface area contributed by atoms with Crippen molar-refractivity contribution in [1.82, 2.24) is 15.1 Å². The normalized spacial score (nSPS) is 17.6. The minimum absolute atomic E-state index is 0.0256. The molecule has 9 heteroatoms. The molecule has 2 amide bonds. The van der Waals surface area contributed by atoms with Crippen LogP contribution in [0.25, 0.3) is 0 Å². The summed E-state index contributed by atoms with van der Waals surface area (Å²) in [4.78, 5) is 31.2. The first-order valence-electron chi connectivity index (χ1n) is 14.9. The summed E-state index contributed by atoms with van der Waals surface area (Å²) in [6, 6.07) is 24.4. The van der Waals surface area contributed by atoms with Gasteiger partial charge in [0.2, 0.25) is 11.8 Å². The van der Waals surface area contributed by atoms with Crippen molar-refractivity contribution < 1.29 is 22.7 Å². The Kier molecular flexibility index (Phi) is 9.52. The zero-order valence-corrected chi connectivity index (χ0v) is 25.8. The molecule has 0 saturated carbocycles. The van der Waals surface area contributed by atoms with Crippen LogP contribution in [0.5, 0.6) is 5.75 Å². The average molecular weight is 604 g/mol. The van der Waals surface area contributed by atoms with E-state index in [9.17, 15) is 18.0 Å². The van der Waals surface area contributed by atoms with Gasteiger partial charge in [0.25, 0.3) is 0 Å². The van der Waals surface area contributed by atoms with Crippen LogP contribution in [0.1, 0.15) is 48.4 Å². The highest BCUT2D eigenvalue weighted by Crippen LogP contribution is 2.42. The monoisotopic (exact) mass is 603 g/mol. The molecule has 5 rings (SSSR count). The first kappa shape index (κ1) is 30.8. The Morgan fingerprint density at radius 1 is 0.930 bits per heavy atom. The van der Waals surface area contributed by atoms with E-state index in [4.69, 9.17) is 4.74 Å². The first-order chi connectivity index (χ1) is 20.6. The van der Waals surface area contributed by atoms with Crippen molar-refractivity contribution >= 4 is 21.7 Å². The van der Waals surface area contributed by atoms with Crippen LogP contribution in [-0.2, 0) is 32.4 Å². The Morgan fingerprint density at radius 3 is 2.30 bits per heavy atom. The van der Waals surface area contributed by atoms with Gasteiger partial charge >= 0.3 is 0 Å². The van der Waals surface area contributed by atoms with Crippen molar-refractivity contribution in [2.75, 3.05) is 39.5 Å². The molecule has 2 heterocycles. The summed E-state index contributed by atoms with van der Waals surface area (Å²) < 4.78 is 28.8. The number of ether oxygens (including phenoxy) is 1. The molecule has 0 aromatic heterocycles. The van der Waals surface area contributed by atoms with Crippen LogP contribution in [0.3, 0.4) is 0 Å². The Hall–Kier alpha value is -3.69. The fourth-order valence-electron chi connectivity index (χ4n) is 6.31. The van der Waals surface area contributed by atoms with Crippen LogP contribution in [0, 0.1) is 5.41 Å². The number of hydrogen-bond donors (Lipinski definition) is 1. The lowest BCUT2D eigenvalue weighted by molar-refractivity contribution is -0.139. The maximum absolute atomic E-state index is 13.5. The molecule has 2 fully saturated rings. The summed E-state index contributed by atoms with van der Waals surface area (Å²) in [6.07, 6.45) is 4.77. The van der Waals surface area contributed by atoms with Gasteiger partial charge in [0.1, 0.15) is 5.75 Å². The number of carbonyl (C=O) groups excluding carboxylic acids is 2. The topological polar surface area (TPSA) is 96.0 Å². The molecule has 1 unspecified atom stereocenters. The van der Waals surface area contributed by atoms with E-state index in [0.29, 0.717) is 11.4 Å². The third kappa shape index (κ3) is 7.64. The van der Waals surface area contributed by atoms with Crippen LogP contribution >= 0.6 is 0 Å². The number of hydrogen-bond acceptors (Lipinski definition) is 6. The lowest BCUT2D eigenvalue weighted by atomic mass is 9.77. The molecule has 3 aromatic rings. The second-order valence-corrected chi connectivity index (χ2v) is 13.9. The molecule has 2 aliphatic rings. The van der Waals surface area contributed by atoms with E-state index in [-0.39, 0.29) is 29.7 Å². The highest BCUT2D eigenvalue weighted by Gasteiger charge is 2.47. The number of likely N-dealkylation sites (tertiary alicyclic amines) is 2. The van der Waals surface area contributed by atoms with Crippen LogP contribution < -0.4 is 10.1 Å². The van der Waals surface area contributed by atoms with Crippen molar-refractivity contribution in [1.29, 1.82) is 0 Å². The summed E-state index contributed by atoms with van der Waals surface area (Å²) in [5, 5.41) is 3.25. The van der Waals surface area contributed by atoms with Gasteiger partial charge in [-0.05, 0) is 79.7 Å². The number of benzene rings is 3. The third-order valence-electron chi connectivity index (χ3n) is 8.91. The van der Waals surface area contributed by atoms with E-state index in [1.165, 1.54) is 6.26 Å². The van der Waals surface area contributed by atoms with Gasteiger partial charge in [-0.1, -0.05) is 54.6 Å². The van der Waals surface area contributed by atoms with E-state index in [1.807, 2.05) is 47.4 Å². The molecule has 0 aliphatic carbocycles. The lowest BCUT2D eigenvalue weighted by Crippen LogP contribution is -2.45. The molecule has 228 valence electrons. The van der Waals surface area contributed by atoms with Gasteiger partial charge in [-0.15, -0.1) is 0 Å². The van der Waals surface area contributed by atoms with E-state index in [1.54, 1.807) is 31.4 Å². The molecule has 1 atom stereocenters. The van der Waals surface area contributed by atoms with Gasteiger partial charge in [0, 0.05) is 25.9 Å². The van der Waals surface area contributed by atoms with Crippen LogP contribution in [0.4, 0.5) is 0 Å². The van der Waals surface area contributed by atoms with Gasteiger partial charge in [-0.2, -0.15) is 0 Å². The van der Waals surface area contributed by atoms with Gasteiger partial charge in [-0.3, -0.25) is 9.59 Å². The molecule has 2 saturated heterocycles. The number of carbonyl (C=O) groups is 2. The molecule has 8 nitrogen and oxygen atoms in total. The Bertz CT molecular complexity index is 1520. The number of piperidine rings is 1. The molecular weight excluding hydrogens is 562 g/mol. The lowest BCUT2D eigenvalue weighted by Gasteiger charge is -2.38. The summed E-state index contributed by atoms with van der Waals surface area (Å²) in [7, 11) is -1.62. The molecule has 2 aliphatic heterocycles. The molecule has 1 N–H and O–H groups in total. The first-order valence-corrected chi connectivity index (χ1v) is 16.8. The van der Waals surface area contributed by atoms with Crippen LogP contribution in [0.2, 0.25) is 0 Å². The molecule has 43 heavy (non-hydrogen) atoms. The summed E-state index contributed by atoms with van der Waals surface area (Å²) in [5.74, 6) is 0.925. The minimum atomic E-state index is -3.24. The molecule has 0 bridgehead atoms. The number of nitrogens with zero attached hydrogens (tertiary/aromatic N) is 2. The summed E-state index contributed by atoms with van der Waals surface area (Å²) in [5.41, 5.74) is 2.62. The van der Waals surface area contributed by atoms with Gasteiger partial charge < -0.3 is 19.9 Å². The SMILES string of the molecule is COc1cccc(CC(=O)NC(CCN2CCC3(CC2)CCN(Cc2ccc(S(C)(=O)=O)cc2)C3=O)c2ccccc2)c1. The third-order valence-corrected chi connectivity index (χ3v) is 10.0. The maximum atomic E-state index is 13.5. The minimum Gasteiger partial charge on any atom is -0.497 e. The van der Waals surface area contributed by atoms with Crippen molar-refractivity contribution in [3.05, 3.63) is 95.6 Å². The quantitative estimate of drug-likeness (QED) is 0.349. The second-order valence-electron chi connectivity index (χ2n) is 11.9. The Balaban J connectivity index is 1.14. The molecule has 0 radical (unpaired) electrons. The number of methoxy groups -OCH3 is 1. The van der Waals surface area contributed by atoms with Crippen molar-refractivity contribution in [2.24, 2.45) is 5.41 Å². The highest BCUT2D eigenvalue weighted by molar-refractivity contribution is 7.90. The number of amides is 2. The zero-order chi connectivity index (χ0) is 30.5. The fourth-order valence-corrected chi connectivity index (χ4v) is 6.94. The van der Waals surface area contributed by atoms with Crippen LogP contribution in [0.15, 0.2) is 83.8 Å². The molecule has 3 aromatic carbocycles. The number of nitrogens with one attached hydrogen (secondary N) is 1. The predicted octanol–water partition coefficient (Wildman–Crippen LogP) is 4.40. The van der Waals surface area contributed by atoms with Gasteiger partial charge in [0.15, 0.2) is 9.84 Å². The van der Waals surface area contributed by atoms with Crippen LogP contribution in [-0.4, -0.2) is 69.6 Å². The molecular formula is C34H41N3O5S. The Labute approximate surface area is 255 Å².